The van der Waals surface area contributed by atoms with Gasteiger partial charge < -0.3 is 20.8 Å². The van der Waals surface area contributed by atoms with E-state index in [1.165, 1.54) is 31.2 Å². The van der Waals surface area contributed by atoms with Crippen molar-refractivity contribution in [3.8, 4) is 11.5 Å². The van der Waals surface area contributed by atoms with Crippen molar-refractivity contribution < 1.29 is 19.8 Å². The van der Waals surface area contributed by atoms with Gasteiger partial charge in [0.1, 0.15) is 11.5 Å². The zero-order chi connectivity index (χ0) is 15.4. The fraction of sp³-hybridized carbons (Fsp3) is 0.0667. The SMILES string of the molecule is CC(=O)Nc1cccc(C(=O)Nc2cc(O)ccc2O)c1. The Labute approximate surface area is 121 Å². The van der Waals surface area contributed by atoms with Crippen molar-refractivity contribution in [1.82, 2.24) is 0 Å². The molecule has 0 aliphatic heterocycles. The predicted molar refractivity (Wildman–Crippen MR) is 78.5 cm³/mol. The van der Waals surface area contributed by atoms with Crippen LogP contribution in [0.4, 0.5) is 11.4 Å². The summed E-state index contributed by atoms with van der Waals surface area (Å²) in [7, 11) is 0. The van der Waals surface area contributed by atoms with Crippen LogP contribution in [0.3, 0.4) is 0 Å². The minimum absolute atomic E-state index is 0.0740. The predicted octanol–water partition coefficient (Wildman–Crippen LogP) is 2.31. The van der Waals surface area contributed by atoms with Crippen molar-refractivity contribution >= 4 is 23.2 Å². The molecule has 6 nitrogen and oxygen atoms in total. The zero-order valence-electron chi connectivity index (χ0n) is 11.3. The Kier molecular flexibility index (Phi) is 4.08. The lowest BCUT2D eigenvalue weighted by atomic mass is 10.1. The average molecular weight is 286 g/mol. The lowest BCUT2D eigenvalue weighted by Crippen LogP contribution is -2.13. The van der Waals surface area contributed by atoms with Crippen molar-refractivity contribution in [2.75, 3.05) is 10.6 Å². The second-order valence-corrected chi connectivity index (χ2v) is 4.42. The molecule has 0 atom stereocenters. The fourth-order valence-corrected chi connectivity index (χ4v) is 1.76. The van der Waals surface area contributed by atoms with Gasteiger partial charge in [-0.25, -0.2) is 0 Å². The maximum absolute atomic E-state index is 12.1. The molecule has 0 heterocycles. The Hall–Kier alpha value is -3.02. The molecule has 108 valence electrons. The van der Waals surface area contributed by atoms with E-state index in [-0.39, 0.29) is 23.1 Å². The zero-order valence-corrected chi connectivity index (χ0v) is 11.3. The van der Waals surface area contributed by atoms with E-state index in [1.54, 1.807) is 18.2 Å². The number of hydrogen-bond donors (Lipinski definition) is 4. The number of nitrogens with one attached hydrogen (secondary N) is 2. The van der Waals surface area contributed by atoms with Crippen LogP contribution in [-0.4, -0.2) is 22.0 Å². The second kappa shape index (κ2) is 5.96. The quantitative estimate of drug-likeness (QED) is 0.514. The standard InChI is InChI=1S/C15H14N2O4/c1-9(18)16-11-4-2-3-10(7-11)15(21)17-13-8-12(19)5-6-14(13)20/h2-8,19-20H,1H3,(H,16,18)(H,17,21). The van der Waals surface area contributed by atoms with Gasteiger partial charge in [0.25, 0.3) is 5.91 Å². The molecular weight excluding hydrogens is 272 g/mol. The molecule has 2 aromatic rings. The lowest BCUT2D eigenvalue weighted by molar-refractivity contribution is -0.114. The fourth-order valence-electron chi connectivity index (χ4n) is 1.76. The summed E-state index contributed by atoms with van der Waals surface area (Å²) in [5.74, 6) is -0.935. The maximum Gasteiger partial charge on any atom is 0.255 e. The van der Waals surface area contributed by atoms with Crippen LogP contribution >= 0.6 is 0 Å². The van der Waals surface area contributed by atoms with E-state index in [0.717, 1.165) is 0 Å². The second-order valence-electron chi connectivity index (χ2n) is 4.42. The lowest BCUT2D eigenvalue weighted by Gasteiger charge is -2.09. The number of rotatable bonds is 3. The van der Waals surface area contributed by atoms with Gasteiger partial charge in [-0.15, -0.1) is 0 Å². The summed E-state index contributed by atoms with van der Waals surface area (Å²) >= 11 is 0. The third-order valence-corrected chi connectivity index (χ3v) is 2.67. The third kappa shape index (κ3) is 3.73. The molecule has 21 heavy (non-hydrogen) atoms. The molecule has 0 aliphatic rings. The summed E-state index contributed by atoms with van der Waals surface area (Å²) in [6, 6.07) is 10.2. The van der Waals surface area contributed by atoms with E-state index in [4.69, 9.17) is 0 Å². The van der Waals surface area contributed by atoms with Gasteiger partial charge in [0.2, 0.25) is 5.91 Å². The molecule has 2 rings (SSSR count). The number of phenolic OH excluding ortho intramolecular Hbond substituents is 2. The van der Waals surface area contributed by atoms with Crippen LogP contribution in [0.1, 0.15) is 17.3 Å². The van der Waals surface area contributed by atoms with Crippen molar-refractivity contribution in [3.05, 3.63) is 48.0 Å². The molecular formula is C15H14N2O4. The van der Waals surface area contributed by atoms with Crippen molar-refractivity contribution in [2.45, 2.75) is 6.92 Å². The summed E-state index contributed by atoms with van der Waals surface area (Å²) in [6.45, 7) is 1.37. The summed E-state index contributed by atoms with van der Waals surface area (Å²) in [5.41, 5.74) is 0.907. The highest BCUT2D eigenvalue weighted by Gasteiger charge is 2.10. The van der Waals surface area contributed by atoms with Crippen LogP contribution in [0.25, 0.3) is 0 Å². The number of hydrogen-bond acceptors (Lipinski definition) is 4. The first-order valence-electron chi connectivity index (χ1n) is 6.16. The topological polar surface area (TPSA) is 98.7 Å². The minimum Gasteiger partial charge on any atom is -0.508 e. The number of aromatic hydroxyl groups is 2. The van der Waals surface area contributed by atoms with E-state index >= 15 is 0 Å². The van der Waals surface area contributed by atoms with Crippen molar-refractivity contribution in [3.63, 3.8) is 0 Å². The van der Waals surface area contributed by atoms with Gasteiger partial charge in [-0.1, -0.05) is 6.07 Å². The largest absolute Gasteiger partial charge is 0.508 e. The monoisotopic (exact) mass is 286 g/mol. The third-order valence-electron chi connectivity index (χ3n) is 2.67. The molecule has 4 N–H and O–H groups in total. The molecule has 2 aromatic carbocycles. The smallest absolute Gasteiger partial charge is 0.255 e. The Morgan fingerprint density at radius 3 is 2.48 bits per heavy atom. The highest BCUT2D eigenvalue weighted by Crippen LogP contribution is 2.27. The summed E-state index contributed by atoms with van der Waals surface area (Å²) in [5, 5.41) is 24.0. The average Bonchev–Trinajstić information content (AvgIpc) is 2.42. The van der Waals surface area contributed by atoms with Gasteiger partial charge in [-0.3, -0.25) is 9.59 Å². The van der Waals surface area contributed by atoms with E-state index < -0.39 is 5.91 Å². The van der Waals surface area contributed by atoms with Crippen LogP contribution in [0.2, 0.25) is 0 Å². The van der Waals surface area contributed by atoms with E-state index in [0.29, 0.717) is 11.3 Å². The van der Waals surface area contributed by atoms with Gasteiger partial charge in [-0.05, 0) is 30.3 Å². The Bertz CT molecular complexity index is 698. The van der Waals surface area contributed by atoms with Crippen molar-refractivity contribution in [2.24, 2.45) is 0 Å². The van der Waals surface area contributed by atoms with Crippen LogP contribution in [0.15, 0.2) is 42.5 Å². The normalized spacial score (nSPS) is 9.95. The molecule has 0 saturated carbocycles. The number of benzene rings is 2. The Morgan fingerprint density at radius 2 is 1.76 bits per heavy atom. The molecule has 0 aromatic heterocycles. The first-order valence-corrected chi connectivity index (χ1v) is 6.16. The van der Waals surface area contributed by atoms with Gasteiger partial charge in [0.05, 0.1) is 5.69 Å². The van der Waals surface area contributed by atoms with Gasteiger partial charge >= 0.3 is 0 Å². The maximum atomic E-state index is 12.1. The molecule has 0 radical (unpaired) electrons. The summed E-state index contributed by atoms with van der Waals surface area (Å²) in [6.07, 6.45) is 0. The molecule has 0 unspecified atom stereocenters. The number of amides is 2. The number of carbonyl (C=O) groups excluding carboxylic acids is 2. The van der Waals surface area contributed by atoms with Crippen molar-refractivity contribution in [1.29, 1.82) is 0 Å². The molecule has 0 fully saturated rings. The van der Waals surface area contributed by atoms with Crippen LogP contribution in [0.5, 0.6) is 11.5 Å². The Balaban J connectivity index is 2.20. The van der Waals surface area contributed by atoms with Crippen LogP contribution in [0, 0.1) is 0 Å². The molecule has 2 amide bonds. The number of phenols is 2. The summed E-state index contributed by atoms with van der Waals surface area (Å²) < 4.78 is 0. The first kappa shape index (κ1) is 14.4. The Morgan fingerprint density at radius 1 is 1.00 bits per heavy atom. The molecule has 0 aliphatic carbocycles. The first-order chi connectivity index (χ1) is 9.95. The van der Waals surface area contributed by atoms with E-state index in [2.05, 4.69) is 10.6 Å². The number of carbonyl (C=O) groups is 2. The molecule has 0 bridgehead atoms. The van der Waals surface area contributed by atoms with Gasteiger partial charge in [0.15, 0.2) is 0 Å². The van der Waals surface area contributed by atoms with Crippen LogP contribution in [-0.2, 0) is 4.79 Å². The molecule has 0 saturated heterocycles. The van der Waals surface area contributed by atoms with E-state index in [9.17, 15) is 19.8 Å². The van der Waals surface area contributed by atoms with Crippen LogP contribution < -0.4 is 10.6 Å². The van der Waals surface area contributed by atoms with Gasteiger partial charge in [-0.2, -0.15) is 0 Å². The molecule has 0 spiro atoms. The summed E-state index contributed by atoms with van der Waals surface area (Å²) in [4.78, 5) is 23.1. The van der Waals surface area contributed by atoms with Gasteiger partial charge in [0, 0.05) is 24.2 Å². The number of anilines is 2. The molecule has 6 heteroatoms. The highest BCUT2D eigenvalue weighted by atomic mass is 16.3. The minimum atomic E-state index is -0.469. The highest BCUT2D eigenvalue weighted by molar-refractivity contribution is 6.06. The van der Waals surface area contributed by atoms with E-state index in [1.807, 2.05) is 0 Å².